The minimum atomic E-state index is -0.203. The molecule has 0 aromatic carbocycles. The molecule has 3 N–H and O–H groups in total. The van der Waals surface area contributed by atoms with E-state index < -0.39 is 0 Å². The van der Waals surface area contributed by atoms with E-state index in [2.05, 4.69) is 0 Å². The molecule has 0 unspecified atom stereocenters. The second-order valence-corrected chi connectivity index (χ2v) is 2.73. The highest BCUT2D eigenvalue weighted by Gasteiger charge is 1.93. The standard InChI is InChI=1S/C8H17N2O/c9-7-5-3-1-2-4-6-8(10)11/h9H,1-7H2,(H2,10,11). The summed E-state index contributed by atoms with van der Waals surface area (Å²) in [6.45, 7) is 0.524. The van der Waals surface area contributed by atoms with Gasteiger partial charge in [0, 0.05) is 13.0 Å². The molecule has 1 amide bonds. The Morgan fingerprint density at radius 2 is 1.64 bits per heavy atom. The number of hydrogen-bond donors (Lipinski definition) is 1. The van der Waals surface area contributed by atoms with E-state index in [9.17, 15) is 4.79 Å². The van der Waals surface area contributed by atoms with Crippen LogP contribution in [-0.4, -0.2) is 12.5 Å². The monoisotopic (exact) mass is 157 g/mol. The fourth-order valence-corrected chi connectivity index (χ4v) is 0.955. The van der Waals surface area contributed by atoms with Gasteiger partial charge < -0.3 is 5.73 Å². The fourth-order valence-electron chi connectivity index (χ4n) is 0.955. The summed E-state index contributed by atoms with van der Waals surface area (Å²) in [5.74, 6) is -0.203. The van der Waals surface area contributed by atoms with Gasteiger partial charge in [-0.3, -0.25) is 10.5 Å². The smallest absolute Gasteiger partial charge is 0.217 e. The first-order chi connectivity index (χ1) is 5.27. The largest absolute Gasteiger partial charge is 0.370 e. The van der Waals surface area contributed by atoms with Crippen molar-refractivity contribution in [1.29, 1.82) is 0 Å². The van der Waals surface area contributed by atoms with Gasteiger partial charge in [-0.15, -0.1) is 0 Å². The molecule has 0 heterocycles. The van der Waals surface area contributed by atoms with Crippen LogP contribution in [0.3, 0.4) is 0 Å². The van der Waals surface area contributed by atoms with Crippen LogP contribution in [0.5, 0.6) is 0 Å². The van der Waals surface area contributed by atoms with Crippen LogP contribution in [0, 0.1) is 0 Å². The highest BCUT2D eigenvalue weighted by Crippen LogP contribution is 2.03. The zero-order valence-electron chi connectivity index (χ0n) is 6.94. The van der Waals surface area contributed by atoms with E-state index in [-0.39, 0.29) is 5.91 Å². The van der Waals surface area contributed by atoms with Gasteiger partial charge >= 0.3 is 0 Å². The van der Waals surface area contributed by atoms with Crippen LogP contribution >= 0.6 is 0 Å². The first-order valence-corrected chi connectivity index (χ1v) is 4.20. The average Bonchev–Trinajstić information content (AvgIpc) is 1.96. The molecule has 0 atom stereocenters. The molecule has 0 fully saturated rings. The number of nitrogens with one attached hydrogen (secondary N) is 1. The molecule has 0 aromatic rings. The predicted molar refractivity (Wildman–Crippen MR) is 44.9 cm³/mol. The molecule has 1 radical (unpaired) electrons. The van der Waals surface area contributed by atoms with Crippen LogP contribution in [0.4, 0.5) is 0 Å². The normalized spacial score (nSPS) is 9.91. The molecule has 65 valence electrons. The van der Waals surface area contributed by atoms with E-state index in [4.69, 9.17) is 11.5 Å². The van der Waals surface area contributed by atoms with E-state index in [0.717, 1.165) is 32.1 Å². The van der Waals surface area contributed by atoms with Crippen molar-refractivity contribution in [3.8, 4) is 0 Å². The maximum absolute atomic E-state index is 10.3. The number of primary amides is 1. The summed E-state index contributed by atoms with van der Waals surface area (Å²) in [5, 5.41) is 0. The Kier molecular flexibility index (Phi) is 7.15. The predicted octanol–water partition coefficient (Wildman–Crippen LogP) is 1.10. The van der Waals surface area contributed by atoms with Gasteiger partial charge in [0.25, 0.3) is 0 Å². The van der Waals surface area contributed by atoms with E-state index in [1.54, 1.807) is 0 Å². The number of unbranched alkanes of at least 4 members (excludes halogenated alkanes) is 4. The lowest BCUT2D eigenvalue weighted by atomic mass is 10.1. The lowest BCUT2D eigenvalue weighted by molar-refractivity contribution is -0.118. The van der Waals surface area contributed by atoms with Gasteiger partial charge in [0.1, 0.15) is 0 Å². The van der Waals surface area contributed by atoms with Gasteiger partial charge in [0.15, 0.2) is 0 Å². The molecular weight excluding hydrogens is 140 g/mol. The van der Waals surface area contributed by atoms with Gasteiger partial charge in [-0.1, -0.05) is 19.3 Å². The van der Waals surface area contributed by atoms with Crippen molar-refractivity contribution in [1.82, 2.24) is 5.73 Å². The van der Waals surface area contributed by atoms with Crippen molar-refractivity contribution in [3.63, 3.8) is 0 Å². The topological polar surface area (TPSA) is 66.9 Å². The molecular formula is C8H17N2O. The second-order valence-electron chi connectivity index (χ2n) is 2.73. The molecule has 0 aliphatic rings. The van der Waals surface area contributed by atoms with Crippen molar-refractivity contribution in [3.05, 3.63) is 0 Å². The summed E-state index contributed by atoms with van der Waals surface area (Å²) in [6.07, 6.45) is 5.72. The van der Waals surface area contributed by atoms with Crippen LogP contribution in [0.15, 0.2) is 0 Å². The van der Waals surface area contributed by atoms with Crippen molar-refractivity contribution in [2.75, 3.05) is 6.54 Å². The number of nitrogens with two attached hydrogens (primary N) is 1. The fraction of sp³-hybridized carbons (Fsp3) is 0.875. The molecule has 0 aliphatic carbocycles. The van der Waals surface area contributed by atoms with Crippen LogP contribution in [0.1, 0.15) is 38.5 Å². The molecule has 0 aromatic heterocycles. The maximum Gasteiger partial charge on any atom is 0.217 e. The summed E-state index contributed by atoms with van der Waals surface area (Å²) in [5.41, 5.74) is 11.8. The minimum absolute atomic E-state index is 0.203. The third kappa shape index (κ3) is 9.43. The van der Waals surface area contributed by atoms with Gasteiger partial charge in [-0.05, 0) is 12.8 Å². The Morgan fingerprint density at radius 3 is 2.18 bits per heavy atom. The highest BCUT2D eigenvalue weighted by molar-refractivity contribution is 5.73. The third-order valence-electron chi connectivity index (χ3n) is 1.60. The van der Waals surface area contributed by atoms with Crippen LogP contribution in [0.2, 0.25) is 0 Å². The van der Waals surface area contributed by atoms with Gasteiger partial charge in [-0.2, -0.15) is 0 Å². The Labute approximate surface area is 68.1 Å². The zero-order valence-corrected chi connectivity index (χ0v) is 6.94. The van der Waals surface area contributed by atoms with Gasteiger partial charge in [-0.25, -0.2) is 0 Å². The summed E-state index contributed by atoms with van der Waals surface area (Å²) < 4.78 is 0. The van der Waals surface area contributed by atoms with Crippen LogP contribution in [-0.2, 0) is 4.79 Å². The molecule has 0 saturated carbocycles. The minimum Gasteiger partial charge on any atom is -0.370 e. The molecule has 0 spiro atoms. The second kappa shape index (κ2) is 7.54. The number of carbonyl (C=O) groups excluding carboxylic acids is 1. The van der Waals surface area contributed by atoms with Crippen molar-refractivity contribution >= 4 is 5.91 Å². The molecule has 0 bridgehead atoms. The zero-order chi connectivity index (χ0) is 8.53. The molecule has 0 aliphatic heterocycles. The number of carbonyl (C=O) groups is 1. The maximum atomic E-state index is 10.3. The van der Waals surface area contributed by atoms with Crippen LogP contribution in [0.25, 0.3) is 0 Å². The van der Waals surface area contributed by atoms with Crippen molar-refractivity contribution in [2.45, 2.75) is 38.5 Å². The van der Waals surface area contributed by atoms with E-state index in [1.165, 1.54) is 0 Å². The van der Waals surface area contributed by atoms with Crippen molar-refractivity contribution in [2.24, 2.45) is 5.73 Å². The molecule has 11 heavy (non-hydrogen) atoms. The van der Waals surface area contributed by atoms with E-state index in [0.29, 0.717) is 13.0 Å². The Balaban J connectivity index is 2.85. The lowest BCUT2D eigenvalue weighted by Crippen LogP contribution is -2.09. The highest BCUT2D eigenvalue weighted by atomic mass is 16.1. The first-order valence-electron chi connectivity index (χ1n) is 4.20. The summed E-state index contributed by atoms with van der Waals surface area (Å²) >= 11 is 0. The molecule has 3 nitrogen and oxygen atoms in total. The Hall–Kier alpha value is -0.570. The number of rotatable bonds is 7. The molecule has 3 heteroatoms. The molecule has 0 rings (SSSR count). The lowest BCUT2D eigenvalue weighted by Gasteiger charge is -1.97. The SMILES string of the molecule is [NH]CCCCCCCC(N)=O. The molecule has 0 saturated heterocycles. The average molecular weight is 157 g/mol. The Morgan fingerprint density at radius 1 is 1.09 bits per heavy atom. The first kappa shape index (κ1) is 10.4. The van der Waals surface area contributed by atoms with E-state index >= 15 is 0 Å². The summed E-state index contributed by atoms with van der Waals surface area (Å²) in [7, 11) is 0. The third-order valence-corrected chi connectivity index (χ3v) is 1.60. The summed E-state index contributed by atoms with van der Waals surface area (Å²) in [6, 6.07) is 0. The van der Waals surface area contributed by atoms with Crippen LogP contribution < -0.4 is 11.5 Å². The van der Waals surface area contributed by atoms with Gasteiger partial charge in [0.05, 0.1) is 0 Å². The number of amides is 1. The number of hydrogen-bond acceptors (Lipinski definition) is 1. The van der Waals surface area contributed by atoms with Crippen molar-refractivity contribution < 1.29 is 4.79 Å². The van der Waals surface area contributed by atoms with E-state index in [1.807, 2.05) is 0 Å². The Bertz CT molecular complexity index is 104. The summed E-state index contributed by atoms with van der Waals surface area (Å²) in [4.78, 5) is 10.3. The quantitative estimate of drug-likeness (QED) is 0.552. The van der Waals surface area contributed by atoms with Gasteiger partial charge in [0.2, 0.25) is 5.91 Å².